The average molecular weight is 611 g/mol. The molecule has 0 aliphatic carbocycles. The van der Waals surface area contributed by atoms with Gasteiger partial charge in [0.05, 0.1) is 34.4 Å². The molecule has 42 heavy (non-hydrogen) atoms. The summed E-state index contributed by atoms with van der Waals surface area (Å²) >= 11 is 6.10. The number of hydrogen-bond acceptors (Lipinski definition) is 7. The number of hydrogen-bond donors (Lipinski definition) is 2. The first-order valence-corrected chi connectivity index (χ1v) is 12.1. The van der Waals surface area contributed by atoms with Gasteiger partial charge in [-0.15, -0.1) is 0 Å². The smallest absolute Gasteiger partial charge is 0.433 e. The highest BCUT2D eigenvalue weighted by atomic mass is 35.5. The van der Waals surface area contributed by atoms with Crippen molar-refractivity contribution >= 4 is 40.2 Å². The molecule has 0 atom stereocenters. The highest BCUT2D eigenvalue weighted by molar-refractivity contribution is 6.33. The van der Waals surface area contributed by atoms with E-state index < -0.39 is 35.3 Å². The summed E-state index contributed by atoms with van der Waals surface area (Å²) in [5, 5.41) is 2.87. The maximum absolute atomic E-state index is 13.4. The third-order valence-corrected chi connectivity index (χ3v) is 6.30. The zero-order valence-corrected chi connectivity index (χ0v) is 22.1. The van der Waals surface area contributed by atoms with Crippen LogP contribution in [0, 0.1) is 0 Å². The van der Waals surface area contributed by atoms with Crippen LogP contribution in [0.2, 0.25) is 5.02 Å². The first-order valence-electron chi connectivity index (χ1n) is 11.7. The number of methoxy groups -OCH3 is 1. The van der Waals surface area contributed by atoms with Crippen LogP contribution in [-0.4, -0.2) is 37.6 Å². The van der Waals surface area contributed by atoms with Gasteiger partial charge >= 0.3 is 18.3 Å². The molecule has 5 rings (SSSR count). The zero-order chi connectivity index (χ0) is 30.4. The van der Waals surface area contributed by atoms with E-state index in [4.69, 9.17) is 16.3 Å². The van der Waals surface area contributed by atoms with E-state index in [1.165, 1.54) is 18.3 Å². The molecule has 0 saturated heterocycles. The van der Waals surface area contributed by atoms with Gasteiger partial charge in [-0.2, -0.15) is 26.3 Å². The standard InChI is InChI=1S/C26H17ClF6N6O3/c1-39-19-6-4-13(10-17(19)36-24(39)35-16-9-12(25(28,29)30)3-5-15(16)27)42-14-7-8-34-18(11-14)22-37-20(23(40)41-2)21(38-22)26(31,32)33/h3-11H,1-2H3,(H,35,36)(H,37,38). The summed E-state index contributed by atoms with van der Waals surface area (Å²) < 4.78 is 91.6. The summed E-state index contributed by atoms with van der Waals surface area (Å²) in [7, 11) is 2.58. The summed E-state index contributed by atoms with van der Waals surface area (Å²) in [5.74, 6) is -0.947. The number of esters is 1. The van der Waals surface area contributed by atoms with Crippen molar-refractivity contribution in [1.29, 1.82) is 0 Å². The fraction of sp³-hybridized carbons (Fsp3) is 0.154. The van der Waals surface area contributed by atoms with Crippen LogP contribution >= 0.6 is 11.6 Å². The molecule has 0 aliphatic heterocycles. The van der Waals surface area contributed by atoms with Crippen molar-refractivity contribution in [3.05, 3.63) is 76.7 Å². The molecule has 3 heterocycles. The minimum Gasteiger partial charge on any atom is -0.464 e. The molecule has 0 bridgehead atoms. The second-order valence-corrected chi connectivity index (χ2v) is 9.15. The largest absolute Gasteiger partial charge is 0.464 e. The Hall–Kier alpha value is -4.79. The van der Waals surface area contributed by atoms with Gasteiger partial charge in [-0.05, 0) is 36.4 Å². The molecule has 218 valence electrons. The Labute approximate surface area is 237 Å². The molecular formula is C26H17ClF6N6O3. The van der Waals surface area contributed by atoms with E-state index in [1.807, 2.05) is 0 Å². The summed E-state index contributed by atoms with van der Waals surface area (Å²) in [6.45, 7) is 0. The summed E-state index contributed by atoms with van der Waals surface area (Å²) in [6, 6.07) is 10.4. The first kappa shape index (κ1) is 28.7. The molecule has 2 aromatic carbocycles. The molecule has 9 nitrogen and oxygen atoms in total. The van der Waals surface area contributed by atoms with E-state index in [0.717, 1.165) is 25.3 Å². The molecule has 2 N–H and O–H groups in total. The number of aryl methyl sites for hydroxylation is 1. The fourth-order valence-corrected chi connectivity index (χ4v) is 4.12. The molecule has 16 heteroatoms. The first-order chi connectivity index (χ1) is 19.7. The lowest BCUT2D eigenvalue weighted by molar-refractivity contribution is -0.141. The molecule has 0 fully saturated rings. The van der Waals surface area contributed by atoms with Crippen LogP contribution < -0.4 is 10.1 Å². The summed E-state index contributed by atoms with van der Waals surface area (Å²) in [6.07, 6.45) is -8.19. The number of carbonyl (C=O) groups is 1. The lowest BCUT2D eigenvalue weighted by Gasteiger charge is -2.12. The van der Waals surface area contributed by atoms with E-state index in [-0.39, 0.29) is 39.7 Å². The molecular weight excluding hydrogens is 594 g/mol. The van der Waals surface area contributed by atoms with Crippen molar-refractivity contribution in [3.63, 3.8) is 0 Å². The highest BCUT2D eigenvalue weighted by Gasteiger charge is 2.40. The lowest BCUT2D eigenvalue weighted by atomic mass is 10.2. The van der Waals surface area contributed by atoms with Gasteiger partial charge in [-0.3, -0.25) is 4.98 Å². The number of nitrogens with zero attached hydrogens (tertiary/aromatic N) is 4. The van der Waals surface area contributed by atoms with E-state index in [2.05, 4.69) is 30.0 Å². The predicted octanol–water partition coefficient (Wildman–Crippen LogP) is 7.37. The van der Waals surface area contributed by atoms with Gasteiger partial charge in [-0.25, -0.2) is 14.8 Å². The number of fused-ring (bicyclic) bond motifs is 1. The second kappa shape index (κ2) is 10.6. The van der Waals surface area contributed by atoms with Crippen LogP contribution in [0.25, 0.3) is 22.6 Å². The van der Waals surface area contributed by atoms with Crippen molar-refractivity contribution in [2.45, 2.75) is 12.4 Å². The van der Waals surface area contributed by atoms with Gasteiger partial charge in [-0.1, -0.05) is 11.6 Å². The van der Waals surface area contributed by atoms with Crippen LogP contribution in [0.1, 0.15) is 21.7 Å². The van der Waals surface area contributed by atoms with Crippen molar-refractivity contribution in [2.24, 2.45) is 7.05 Å². The lowest BCUT2D eigenvalue weighted by Crippen LogP contribution is -2.13. The van der Waals surface area contributed by atoms with Crippen LogP contribution in [0.4, 0.5) is 38.0 Å². The number of aromatic nitrogens is 5. The Morgan fingerprint density at radius 1 is 0.976 bits per heavy atom. The van der Waals surface area contributed by atoms with Gasteiger partial charge in [0.1, 0.15) is 17.2 Å². The molecule has 0 aliphatic rings. The van der Waals surface area contributed by atoms with E-state index in [9.17, 15) is 31.1 Å². The van der Waals surface area contributed by atoms with Gasteiger partial charge < -0.3 is 24.3 Å². The summed E-state index contributed by atoms with van der Waals surface area (Å²) in [5.41, 5.74) is -2.22. The number of pyridine rings is 1. The number of alkyl halides is 6. The zero-order valence-electron chi connectivity index (χ0n) is 21.4. The Kier molecular flexibility index (Phi) is 7.22. The number of rotatable bonds is 6. The highest BCUT2D eigenvalue weighted by Crippen LogP contribution is 2.36. The van der Waals surface area contributed by atoms with Crippen LogP contribution in [0.3, 0.4) is 0 Å². The van der Waals surface area contributed by atoms with E-state index >= 15 is 0 Å². The van der Waals surface area contributed by atoms with Gasteiger partial charge in [0.25, 0.3) is 0 Å². The fourth-order valence-electron chi connectivity index (χ4n) is 3.96. The van der Waals surface area contributed by atoms with Crippen LogP contribution in [0.5, 0.6) is 11.5 Å². The number of carbonyl (C=O) groups excluding carboxylic acids is 1. The SMILES string of the molecule is COC(=O)c1nc(-c2cc(Oc3ccc4c(c3)nc(Nc3cc(C(F)(F)F)ccc3Cl)n4C)ccn2)[nH]c1C(F)(F)F. The topological polar surface area (TPSA) is 107 Å². The Bertz CT molecular complexity index is 1810. The van der Waals surface area contributed by atoms with Crippen molar-refractivity contribution in [1.82, 2.24) is 24.5 Å². The van der Waals surface area contributed by atoms with Gasteiger partial charge in [0.2, 0.25) is 5.95 Å². The Morgan fingerprint density at radius 3 is 2.40 bits per heavy atom. The van der Waals surface area contributed by atoms with Crippen LogP contribution in [-0.2, 0) is 24.1 Å². The molecule has 0 saturated carbocycles. The molecule has 0 radical (unpaired) electrons. The maximum Gasteiger partial charge on any atom is 0.433 e. The maximum atomic E-state index is 13.4. The average Bonchev–Trinajstić information content (AvgIpc) is 3.51. The molecule has 5 aromatic rings. The normalized spacial score (nSPS) is 12.0. The van der Waals surface area contributed by atoms with Crippen molar-refractivity contribution < 1.29 is 40.6 Å². The number of nitrogens with one attached hydrogen (secondary N) is 2. The summed E-state index contributed by atoms with van der Waals surface area (Å²) in [4.78, 5) is 26.0. The Morgan fingerprint density at radius 2 is 1.71 bits per heavy atom. The second-order valence-electron chi connectivity index (χ2n) is 8.74. The van der Waals surface area contributed by atoms with Gasteiger partial charge in [0, 0.05) is 25.4 Å². The number of imidazole rings is 2. The number of anilines is 2. The predicted molar refractivity (Wildman–Crippen MR) is 139 cm³/mol. The molecule has 3 aromatic heterocycles. The molecule has 0 unspecified atom stereocenters. The minimum atomic E-state index is -4.90. The van der Waals surface area contributed by atoms with E-state index in [0.29, 0.717) is 11.0 Å². The Balaban J connectivity index is 1.42. The minimum absolute atomic E-state index is 0.00708. The third-order valence-electron chi connectivity index (χ3n) is 5.97. The third kappa shape index (κ3) is 5.68. The van der Waals surface area contributed by atoms with Crippen molar-refractivity contribution in [3.8, 4) is 23.0 Å². The number of H-pyrrole nitrogens is 1. The number of aromatic amines is 1. The van der Waals surface area contributed by atoms with Crippen LogP contribution in [0.15, 0.2) is 54.7 Å². The van der Waals surface area contributed by atoms with Crippen molar-refractivity contribution in [2.75, 3.05) is 12.4 Å². The number of ether oxygens (including phenoxy) is 2. The molecule has 0 spiro atoms. The number of benzene rings is 2. The molecule has 0 amide bonds. The van der Waals surface area contributed by atoms with Gasteiger partial charge in [0.15, 0.2) is 17.2 Å². The quantitative estimate of drug-likeness (QED) is 0.153. The monoisotopic (exact) mass is 610 g/mol. The van der Waals surface area contributed by atoms with E-state index in [1.54, 1.807) is 29.8 Å². The number of halogens is 7.